The first kappa shape index (κ1) is 12.2. The van der Waals surface area contributed by atoms with E-state index in [0.717, 1.165) is 12.8 Å². The van der Waals surface area contributed by atoms with Crippen LogP contribution in [0.15, 0.2) is 0 Å². The predicted molar refractivity (Wildman–Crippen MR) is 46.0 cm³/mol. The molecule has 0 aliphatic carbocycles. The van der Waals surface area contributed by atoms with Crippen molar-refractivity contribution in [1.82, 2.24) is 4.90 Å². The van der Waals surface area contributed by atoms with Gasteiger partial charge in [0.05, 0.1) is 0 Å². The third-order valence-corrected chi connectivity index (χ3v) is 1.34. The molecule has 0 aliphatic heterocycles. The molecule has 0 saturated heterocycles. The van der Waals surface area contributed by atoms with Gasteiger partial charge in [-0.05, 0) is 12.8 Å². The zero-order chi connectivity index (χ0) is 10.3. The van der Waals surface area contributed by atoms with Crippen LogP contribution in [0.4, 0.5) is 13.2 Å². The third kappa shape index (κ3) is 7.51. The molecule has 0 heterocycles. The molecule has 0 radical (unpaired) electrons. The Bertz CT molecular complexity index is 181. The van der Waals surface area contributed by atoms with Gasteiger partial charge >= 0.3 is 6.18 Å². The van der Waals surface area contributed by atoms with E-state index in [1.165, 1.54) is 10.8 Å². The first-order valence-electron chi connectivity index (χ1n) is 4.34. The van der Waals surface area contributed by atoms with Crippen LogP contribution in [0.5, 0.6) is 0 Å². The summed E-state index contributed by atoms with van der Waals surface area (Å²) in [5.41, 5.74) is 0. The maximum atomic E-state index is 11.7. The quantitative estimate of drug-likeness (QED) is 0.490. The molecule has 0 aromatic rings. The van der Waals surface area contributed by atoms with Crippen LogP contribution in [0.3, 0.4) is 0 Å². The van der Waals surface area contributed by atoms with Crippen LogP contribution in [0.2, 0.25) is 0 Å². The fraction of sp³-hybridized carbons (Fsp3) is 0.778. The van der Waals surface area contributed by atoms with Gasteiger partial charge < -0.3 is 4.90 Å². The molecular formula is C9H14F3N. The molecule has 0 saturated carbocycles. The van der Waals surface area contributed by atoms with E-state index in [4.69, 9.17) is 0 Å². The number of nitrogens with zero attached hydrogens (tertiary/aromatic N) is 1. The maximum absolute atomic E-state index is 11.7. The van der Waals surface area contributed by atoms with E-state index < -0.39 is 6.18 Å². The van der Waals surface area contributed by atoms with Gasteiger partial charge in [-0.1, -0.05) is 13.8 Å². The first-order valence-corrected chi connectivity index (χ1v) is 4.34. The van der Waals surface area contributed by atoms with Crippen molar-refractivity contribution in [3.8, 4) is 12.0 Å². The number of alkyl halides is 3. The highest BCUT2D eigenvalue weighted by atomic mass is 19.4. The van der Waals surface area contributed by atoms with Crippen LogP contribution < -0.4 is 0 Å². The van der Waals surface area contributed by atoms with E-state index in [1.54, 1.807) is 0 Å². The van der Waals surface area contributed by atoms with Crippen molar-refractivity contribution in [2.75, 3.05) is 13.1 Å². The summed E-state index contributed by atoms with van der Waals surface area (Å²) in [6, 6.07) is 2.12. The lowest BCUT2D eigenvalue weighted by atomic mass is 10.4. The van der Waals surface area contributed by atoms with Crippen molar-refractivity contribution >= 4 is 0 Å². The largest absolute Gasteiger partial charge is 0.459 e. The summed E-state index contributed by atoms with van der Waals surface area (Å²) in [5.74, 6) is 1.27. The predicted octanol–water partition coefficient (Wildman–Crippen LogP) is 2.63. The van der Waals surface area contributed by atoms with Gasteiger partial charge in [0.25, 0.3) is 0 Å². The van der Waals surface area contributed by atoms with Crippen LogP contribution in [-0.2, 0) is 0 Å². The van der Waals surface area contributed by atoms with Gasteiger partial charge in [-0.25, -0.2) is 0 Å². The first-order chi connectivity index (χ1) is 5.99. The van der Waals surface area contributed by atoms with Gasteiger partial charge in [0.2, 0.25) is 0 Å². The minimum absolute atomic E-state index is 0.594. The third-order valence-electron chi connectivity index (χ3n) is 1.34. The minimum atomic E-state index is -4.38. The summed E-state index contributed by atoms with van der Waals surface area (Å²) in [6.45, 7) is 5.02. The smallest absolute Gasteiger partial charge is 0.332 e. The molecule has 0 fully saturated rings. The van der Waals surface area contributed by atoms with Crippen LogP contribution in [0.1, 0.15) is 26.7 Å². The Balaban J connectivity index is 4.12. The summed E-state index contributed by atoms with van der Waals surface area (Å²) in [5, 5.41) is 0. The molecule has 0 atom stereocenters. The molecule has 1 nitrogen and oxygen atoms in total. The maximum Gasteiger partial charge on any atom is 0.459 e. The topological polar surface area (TPSA) is 3.24 Å². The van der Waals surface area contributed by atoms with Gasteiger partial charge in [0.15, 0.2) is 0 Å². The highest BCUT2D eigenvalue weighted by Gasteiger charge is 2.23. The van der Waals surface area contributed by atoms with Crippen LogP contribution in [0, 0.1) is 12.0 Å². The lowest BCUT2D eigenvalue weighted by molar-refractivity contribution is -0.0700. The highest BCUT2D eigenvalue weighted by Crippen LogP contribution is 2.12. The van der Waals surface area contributed by atoms with Gasteiger partial charge in [-0.2, -0.15) is 13.2 Å². The van der Waals surface area contributed by atoms with E-state index in [9.17, 15) is 13.2 Å². The Morgan fingerprint density at radius 1 is 1.08 bits per heavy atom. The van der Waals surface area contributed by atoms with Crippen LogP contribution in [0.25, 0.3) is 0 Å². The lowest BCUT2D eigenvalue weighted by Gasteiger charge is -2.14. The van der Waals surface area contributed by atoms with Gasteiger partial charge in [0.1, 0.15) is 0 Å². The second kappa shape index (κ2) is 5.74. The SMILES string of the molecule is CCCN(C#CC(F)(F)F)CCC. The summed E-state index contributed by atoms with van der Waals surface area (Å²) in [4.78, 5) is 1.51. The molecule has 0 unspecified atom stereocenters. The van der Waals surface area contributed by atoms with Crippen molar-refractivity contribution < 1.29 is 13.2 Å². The van der Waals surface area contributed by atoms with Gasteiger partial charge in [-0.15, -0.1) is 0 Å². The van der Waals surface area contributed by atoms with Crippen LogP contribution in [-0.4, -0.2) is 24.2 Å². The Labute approximate surface area is 76.9 Å². The summed E-state index contributed by atoms with van der Waals surface area (Å²) < 4.78 is 35.1. The average molecular weight is 193 g/mol. The van der Waals surface area contributed by atoms with E-state index in [0.29, 0.717) is 13.1 Å². The minimum Gasteiger partial charge on any atom is -0.332 e. The number of hydrogen-bond donors (Lipinski definition) is 0. The average Bonchev–Trinajstić information content (AvgIpc) is 2.00. The van der Waals surface area contributed by atoms with E-state index >= 15 is 0 Å². The fourth-order valence-corrected chi connectivity index (χ4v) is 0.906. The molecule has 0 spiro atoms. The number of halogens is 3. The molecule has 0 rings (SSSR count). The van der Waals surface area contributed by atoms with Crippen molar-refractivity contribution in [1.29, 1.82) is 0 Å². The Morgan fingerprint density at radius 2 is 1.54 bits per heavy atom. The fourth-order valence-electron chi connectivity index (χ4n) is 0.906. The molecule has 0 aliphatic rings. The summed E-state index contributed by atoms with van der Waals surface area (Å²) in [6.07, 6.45) is -2.75. The normalized spacial score (nSPS) is 10.5. The second-order valence-electron chi connectivity index (χ2n) is 2.72. The van der Waals surface area contributed by atoms with E-state index in [-0.39, 0.29) is 0 Å². The van der Waals surface area contributed by atoms with E-state index in [1.807, 2.05) is 13.8 Å². The molecular weight excluding hydrogens is 179 g/mol. The second-order valence-corrected chi connectivity index (χ2v) is 2.72. The molecule has 13 heavy (non-hydrogen) atoms. The Hall–Kier alpha value is -0.850. The highest BCUT2D eigenvalue weighted by molar-refractivity contribution is 5.04. The van der Waals surface area contributed by atoms with Gasteiger partial charge in [-0.3, -0.25) is 0 Å². The monoisotopic (exact) mass is 193 g/mol. The molecule has 0 N–H and O–H groups in total. The summed E-state index contributed by atoms with van der Waals surface area (Å²) in [7, 11) is 0. The molecule has 76 valence electrons. The van der Waals surface area contributed by atoms with E-state index in [2.05, 4.69) is 6.04 Å². The summed E-state index contributed by atoms with van der Waals surface area (Å²) >= 11 is 0. The molecule has 0 amide bonds. The van der Waals surface area contributed by atoms with Crippen molar-refractivity contribution in [2.45, 2.75) is 32.9 Å². The number of hydrogen-bond acceptors (Lipinski definition) is 1. The zero-order valence-electron chi connectivity index (χ0n) is 7.91. The van der Waals surface area contributed by atoms with Crippen molar-refractivity contribution in [3.63, 3.8) is 0 Å². The zero-order valence-corrected chi connectivity index (χ0v) is 7.91. The Kier molecular flexibility index (Phi) is 5.36. The van der Waals surface area contributed by atoms with Crippen LogP contribution >= 0.6 is 0 Å². The van der Waals surface area contributed by atoms with Crippen molar-refractivity contribution in [3.05, 3.63) is 0 Å². The number of rotatable bonds is 4. The molecule has 4 heteroatoms. The molecule has 0 aromatic carbocycles. The lowest BCUT2D eigenvalue weighted by Crippen LogP contribution is -2.20. The Morgan fingerprint density at radius 3 is 1.85 bits per heavy atom. The van der Waals surface area contributed by atoms with Crippen molar-refractivity contribution in [2.24, 2.45) is 0 Å². The standard InChI is InChI=1S/C9H14F3N/c1-3-6-13(7-4-2)8-5-9(10,11)12/h3-4,6-7H2,1-2H3. The molecule has 0 bridgehead atoms. The molecule has 0 aromatic heterocycles. The van der Waals surface area contributed by atoms with Gasteiger partial charge in [0, 0.05) is 25.1 Å².